The number of carbonyl (C=O) groups is 1. The zero-order chi connectivity index (χ0) is 18.2. The number of phenolic OH excluding ortho intramolecular Hbond substituents is 1. The van der Waals surface area contributed by atoms with Crippen molar-refractivity contribution < 1.29 is 14.6 Å². The third-order valence-electron chi connectivity index (χ3n) is 4.13. The lowest BCUT2D eigenvalue weighted by Gasteiger charge is -2.17. The first-order valence-electron chi connectivity index (χ1n) is 8.54. The minimum atomic E-state index is -0.270. The summed E-state index contributed by atoms with van der Waals surface area (Å²) < 4.78 is 5.72. The van der Waals surface area contributed by atoms with Crippen LogP contribution in [0, 0.1) is 0 Å². The Hall–Kier alpha value is -2.04. The molecular formula is C20H24ClNO3. The Morgan fingerprint density at radius 3 is 2.44 bits per heavy atom. The lowest BCUT2D eigenvalue weighted by Crippen LogP contribution is -2.25. The molecule has 4 nitrogen and oxygen atoms in total. The molecule has 0 bridgehead atoms. The fraction of sp³-hybridized carbons (Fsp3) is 0.350. The van der Waals surface area contributed by atoms with Crippen LogP contribution in [0.5, 0.6) is 11.5 Å². The van der Waals surface area contributed by atoms with Crippen LogP contribution < -0.4 is 4.74 Å². The van der Waals surface area contributed by atoms with Gasteiger partial charge in [-0.25, -0.2) is 0 Å². The maximum absolute atomic E-state index is 12.5. The van der Waals surface area contributed by atoms with Gasteiger partial charge < -0.3 is 14.7 Å². The van der Waals surface area contributed by atoms with Crippen LogP contribution >= 0.6 is 11.6 Å². The molecule has 0 amide bonds. The normalized spacial score (nSPS) is 10.9. The van der Waals surface area contributed by atoms with Crippen LogP contribution in [0.15, 0.2) is 42.5 Å². The van der Waals surface area contributed by atoms with E-state index in [9.17, 15) is 9.90 Å². The molecule has 0 spiro atoms. The summed E-state index contributed by atoms with van der Waals surface area (Å²) in [5.41, 5.74) is 0.674. The number of aromatic hydroxyl groups is 1. The largest absolute Gasteiger partial charge is 0.506 e. The van der Waals surface area contributed by atoms with Gasteiger partial charge in [-0.1, -0.05) is 31.5 Å². The van der Waals surface area contributed by atoms with Crippen molar-refractivity contribution in [3.05, 3.63) is 58.6 Å². The van der Waals surface area contributed by atoms with E-state index in [0.717, 1.165) is 31.8 Å². The average Bonchev–Trinajstić information content (AvgIpc) is 2.64. The van der Waals surface area contributed by atoms with Gasteiger partial charge >= 0.3 is 0 Å². The maximum Gasteiger partial charge on any atom is 0.196 e. The lowest BCUT2D eigenvalue weighted by molar-refractivity contribution is 0.103. The second-order valence-electron chi connectivity index (χ2n) is 5.72. The second kappa shape index (κ2) is 9.44. The second-order valence-corrected chi connectivity index (χ2v) is 6.13. The van der Waals surface area contributed by atoms with Crippen molar-refractivity contribution in [1.82, 2.24) is 4.90 Å². The number of hydrogen-bond acceptors (Lipinski definition) is 4. The number of benzene rings is 2. The smallest absolute Gasteiger partial charge is 0.196 e. The number of phenols is 1. The molecule has 0 radical (unpaired) electrons. The Balaban J connectivity index is 1.93. The highest BCUT2D eigenvalue weighted by Crippen LogP contribution is 2.29. The maximum atomic E-state index is 12.5. The molecule has 2 aromatic rings. The summed E-state index contributed by atoms with van der Waals surface area (Å²) in [5, 5.41) is 10.1. The van der Waals surface area contributed by atoms with E-state index in [-0.39, 0.29) is 22.1 Å². The highest BCUT2D eigenvalue weighted by Gasteiger charge is 2.15. The molecule has 0 aromatic heterocycles. The molecule has 0 unspecified atom stereocenters. The van der Waals surface area contributed by atoms with E-state index >= 15 is 0 Å². The summed E-state index contributed by atoms with van der Waals surface area (Å²) >= 11 is 5.86. The predicted molar refractivity (Wildman–Crippen MR) is 101 cm³/mol. The fourth-order valence-corrected chi connectivity index (χ4v) is 2.75. The van der Waals surface area contributed by atoms with Crippen molar-refractivity contribution in [1.29, 1.82) is 0 Å². The predicted octanol–water partition coefficient (Wildman–Crippen LogP) is 4.39. The number of para-hydroxylation sites is 1. The number of carbonyl (C=O) groups excluding carboxylic acids is 1. The highest BCUT2D eigenvalue weighted by atomic mass is 35.5. The summed E-state index contributed by atoms with van der Waals surface area (Å²) in [5.74, 6) is 0.269. The summed E-state index contributed by atoms with van der Waals surface area (Å²) in [7, 11) is 0. The summed E-state index contributed by atoms with van der Waals surface area (Å²) in [6.45, 7) is 8.04. The first-order valence-corrected chi connectivity index (χ1v) is 8.92. The van der Waals surface area contributed by atoms with Crippen LogP contribution in [-0.4, -0.2) is 42.0 Å². The third-order valence-corrected chi connectivity index (χ3v) is 4.43. The molecule has 2 rings (SSSR count). The van der Waals surface area contributed by atoms with E-state index < -0.39 is 0 Å². The van der Waals surface area contributed by atoms with E-state index in [1.165, 1.54) is 0 Å². The van der Waals surface area contributed by atoms with E-state index in [0.29, 0.717) is 12.2 Å². The molecule has 0 fully saturated rings. The monoisotopic (exact) mass is 361 g/mol. The molecule has 2 aromatic carbocycles. The molecule has 0 heterocycles. The van der Waals surface area contributed by atoms with Gasteiger partial charge in [0.05, 0.1) is 17.2 Å². The lowest BCUT2D eigenvalue weighted by atomic mass is 10.0. The van der Waals surface area contributed by atoms with Crippen LogP contribution in [-0.2, 0) is 0 Å². The number of halogens is 1. The molecule has 1 N–H and O–H groups in total. The van der Waals surface area contributed by atoms with Crippen LogP contribution in [0.3, 0.4) is 0 Å². The van der Waals surface area contributed by atoms with Gasteiger partial charge in [0.1, 0.15) is 11.5 Å². The molecule has 0 saturated heterocycles. The molecule has 25 heavy (non-hydrogen) atoms. The first kappa shape index (κ1) is 19.3. The van der Waals surface area contributed by atoms with Gasteiger partial charge in [-0.3, -0.25) is 4.79 Å². The van der Waals surface area contributed by atoms with Gasteiger partial charge in [-0.05, 0) is 55.9 Å². The van der Waals surface area contributed by atoms with E-state index in [1.807, 2.05) is 0 Å². The minimum Gasteiger partial charge on any atom is -0.506 e. The molecule has 0 aliphatic rings. The number of ether oxygens (including phenoxy) is 1. The highest BCUT2D eigenvalue weighted by molar-refractivity contribution is 6.33. The number of hydrogen-bond donors (Lipinski definition) is 1. The standard InChI is InChI=1S/C20H24ClNO3/c1-3-22(4-2)13-6-14-25-16-11-9-15(10-12-16)19(23)17-7-5-8-18(21)20(17)24/h5,7-12,24H,3-4,6,13-14H2,1-2H3. The third kappa shape index (κ3) is 5.21. The molecule has 0 aliphatic heterocycles. The van der Waals surface area contributed by atoms with Crippen LogP contribution in [0.4, 0.5) is 0 Å². The Kier molecular flexibility index (Phi) is 7.29. The Labute approximate surface area is 154 Å². The summed E-state index contributed by atoms with van der Waals surface area (Å²) in [4.78, 5) is 14.8. The zero-order valence-electron chi connectivity index (χ0n) is 14.7. The minimum absolute atomic E-state index is 0.166. The van der Waals surface area contributed by atoms with Crippen molar-refractivity contribution in [2.24, 2.45) is 0 Å². The molecule has 0 atom stereocenters. The molecule has 0 saturated carbocycles. The Bertz CT molecular complexity index is 697. The molecule has 5 heteroatoms. The van der Waals surface area contributed by atoms with E-state index in [1.54, 1.807) is 42.5 Å². The van der Waals surface area contributed by atoms with Gasteiger partial charge in [0.25, 0.3) is 0 Å². The number of rotatable bonds is 9. The number of nitrogens with zero attached hydrogens (tertiary/aromatic N) is 1. The molecule has 0 aliphatic carbocycles. The van der Waals surface area contributed by atoms with E-state index in [2.05, 4.69) is 18.7 Å². The first-order chi connectivity index (χ1) is 12.1. The SMILES string of the molecule is CCN(CC)CCCOc1ccc(C(=O)c2cccc(Cl)c2O)cc1. The van der Waals surface area contributed by atoms with Gasteiger partial charge in [-0.2, -0.15) is 0 Å². The average molecular weight is 362 g/mol. The molecule has 134 valence electrons. The van der Waals surface area contributed by atoms with Crippen molar-refractivity contribution in [3.63, 3.8) is 0 Å². The van der Waals surface area contributed by atoms with E-state index in [4.69, 9.17) is 16.3 Å². The van der Waals surface area contributed by atoms with Gasteiger partial charge in [0.15, 0.2) is 5.78 Å². The van der Waals surface area contributed by atoms with Gasteiger partial charge in [0.2, 0.25) is 0 Å². The van der Waals surface area contributed by atoms with Crippen LogP contribution in [0.25, 0.3) is 0 Å². The Morgan fingerprint density at radius 1 is 1.12 bits per heavy atom. The van der Waals surface area contributed by atoms with Crippen molar-refractivity contribution in [3.8, 4) is 11.5 Å². The van der Waals surface area contributed by atoms with Crippen molar-refractivity contribution in [2.45, 2.75) is 20.3 Å². The zero-order valence-corrected chi connectivity index (χ0v) is 15.4. The van der Waals surface area contributed by atoms with Gasteiger partial charge in [-0.15, -0.1) is 0 Å². The Morgan fingerprint density at radius 2 is 1.80 bits per heavy atom. The van der Waals surface area contributed by atoms with Crippen LogP contribution in [0.2, 0.25) is 5.02 Å². The summed E-state index contributed by atoms with van der Waals surface area (Å²) in [6, 6.07) is 11.7. The fourth-order valence-electron chi connectivity index (χ4n) is 2.57. The number of ketones is 1. The van der Waals surface area contributed by atoms with Crippen molar-refractivity contribution in [2.75, 3.05) is 26.2 Å². The van der Waals surface area contributed by atoms with Crippen molar-refractivity contribution >= 4 is 17.4 Å². The quantitative estimate of drug-likeness (QED) is 0.531. The molecular weight excluding hydrogens is 338 g/mol. The summed E-state index contributed by atoms with van der Waals surface area (Å²) in [6.07, 6.45) is 0.957. The van der Waals surface area contributed by atoms with Crippen LogP contribution in [0.1, 0.15) is 36.2 Å². The topological polar surface area (TPSA) is 49.8 Å². The van der Waals surface area contributed by atoms with Gasteiger partial charge in [0, 0.05) is 12.1 Å².